The Kier molecular flexibility index (Phi) is 4.57. The molecule has 0 bridgehead atoms. The fourth-order valence-electron chi connectivity index (χ4n) is 2.19. The van der Waals surface area contributed by atoms with Crippen LogP contribution < -0.4 is 10.6 Å². The van der Waals surface area contributed by atoms with E-state index in [0.717, 1.165) is 16.9 Å². The Morgan fingerprint density at radius 1 is 1.29 bits per heavy atom. The molecule has 1 unspecified atom stereocenters. The summed E-state index contributed by atoms with van der Waals surface area (Å²) >= 11 is 0. The second-order valence-electron chi connectivity index (χ2n) is 5.13. The number of anilines is 1. The number of amides is 4. The lowest BCUT2D eigenvalue weighted by Gasteiger charge is -2.13. The third-order valence-corrected chi connectivity index (χ3v) is 3.32. The molecule has 6 nitrogen and oxygen atoms in total. The largest absolute Gasteiger partial charge is 0.326 e. The van der Waals surface area contributed by atoms with Gasteiger partial charge in [-0.15, -0.1) is 0 Å². The van der Waals surface area contributed by atoms with E-state index in [-0.39, 0.29) is 18.4 Å². The Morgan fingerprint density at radius 3 is 2.57 bits per heavy atom. The van der Waals surface area contributed by atoms with Crippen LogP contribution in [0.25, 0.3) is 0 Å². The number of nitrogens with one attached hydrogen (secondary N) is 2. The fraction of sp³-hybridized carbons (Fsp3) is 0.400. The van der Waals surface area contributed by atoms with E-state index < -0.39 is 12.1 Å². The van der Waals surface area contributed by atoms with Crippen molar-refractivity contribution in [2.24, 2.45) is 0 Å². The quantitative estimate of drug-likeness (QED) is 0.809. The number of imide groups is 1. The summed E-state index contributed by atoms with van der Waals surface area (Å²) in [4.78, 5) is 36.6. The van der Waals surface area contributed by atoms with E-state index in [2.05, 4.69) is 10.6 Å². The van der Waals surface area contributed by atoms with Crippen LogP contribution in [0.4, 0.5) is 10.5 Å². The molecule has 0 spiro atoms. The number of aryl methyl sites for hydroxylation is 1. The highest BCUT2D eigenvalue weighted by atomic mass is 16.2. The number of urea groups is 1. The van der Waals surface area contributed by atoms with Gasteiger partial charge >= 0.3 is 6.03 Å². The van der Waals surface area contributed by atoms with Crippen LogP contribution in [0, 0.1) is 6.92 Å². The van der Waals surface area contributed by atoms with Gasteiger partial charge in [0, 0.05) is 5.69 Å². The van der Waals surface area contributed by atoms with Crippen LogP contribution >= 0.6 is 0 Å². The van der Waals surface area contributed by atoms with Gasteiger partial charge in [0.25, 0.3) is 5.91 Å². The third kappa shape index (κ3) is 3.59. The van der Waals surface area contributed by atoms with Gasteiger partial charge in [0.2, 0.25) is 5.91 Å². The van der Waals surface area contributed by atoms with E-state index >= 15 is 0 Å². The standard InChI is InChI=1S/C15H19N3O3/c1-3-4-12-14(20)18(15(21)17-12)9-13(19)16-11-7-5-10(2)6-8-11/h5-8,12H,3-4,9H2,1-2H3,(H,16,19)(H,17,21). The van der Waals surface area contributed by atoms with Crippen molar-refractivity contribution in [1.29, 1.82) is 0 Å². The van der Waals surface area contributed by atoms with Crippen molar-refractivity contribution in [3.8, 4) is 0 Å². The SMILES string of the molecule is CCCC1NC(=O)N(CC(=O)Nc2ccc(C)cc2)C1=O. The molecule has 1 aliphatic rings. The number of carbonyl (C=O) groups is 3. The summed E-state index contributed by atoms with van der Waals surface area (Å²) in [6.07, 6.45) is 1.38. The first kappa shape index (κ1) is 15.0. The number of carbonyl (C=O) groups excluding carboxylic acids is 3. The van der Waals surface area contributed by atoms with Crippen LogP contribution in [0.15, 0.2) is 24.3 Å². The van der Waals surface area contributed by atoms with E-state index in [0.29, 0.717) is 12.1 Å². The highest BCUT2D eigenvalue weighted by Crippen LogP contribution is 2.12. The first-order valence-corrected chi connectivity index (χ1v) is 6.99. The molecule has 1 fully saturated rings. The summed E-state index contributed by atoms with van der Waals surface area (Å²) in [6.45, 7) is 3.62. The van der Waals surface area contributed by atoms with Gasteiger partial charge in [-0.3, -0.25) is 14.5 Å². The molecule has 0 radical (unpaired) electrons. The molecule has 1 aromatic carbocycles. The maximum absolute atomic E-state index is 12.0. The van der Waals surface area contributed by atoms with Crippen LogP contribution in [0.3, 0.4) is 0 Å². The maximum atomic E-state index is 12.0. The van der Waals surface area contributed by atoms with E-state index in [1.54, 1.807) is 12.1 Å². The summed E-state index contributed by atoms with van der Waals surface area (Å²) in [5, 5.41) is 5.26. The molecule has 0 aliphatic carbocycles. The molecular weight excluding hydrogens is 270 g/mol. The van der Waals surface area contributed by atoms with E-state index in [1.807, 2.05) is 26.0 Å². The molecule has 0 saturated carbocycles. The summed E-state index contributed by atoms with van der Waals surface area (Å²) < 4.78 is 0. The molecular formula is C15H19N3O3. The molecule has 2 rings (SSSR count). The Morgan fingerprint density at radius 2 is 1.95 bits per heavy atom. The number of nitrogens with zero attached hydrogens (tertiary/aromatic N) is 1. The Balaban J connectivity index is 1.94. The van der Waals surface area contributed by atoms with Gasteiger partial charge in [-0.05, 0) is 25.5 Å². The average molecular weight is 289 g/mol. The van der Waals surface area contributed by atoms with Crippen molar-refractivity contribution in [3.63, 3.8) is 0 Å². The number of hydrogen-bond donors (Lipinski definition) is 2. The monoisotopic (exact) mass is 289 g/mol. The Labute approximate surface area is 123 Å². The molecule has 4 amide bonds. The lowest BCUT2D eigenvalue weighted by molar-refractivity contribution is -0.130. The third-order valence-electron chi connectivity index (χ3n) is 3.32. The van der Waals surface area contributed by atoms with Crippen molar-refractivity contribution in [2.75, 3.05) is 11.9 Å². The minimum absolute atomic E-state index is 0.265. The van der Waals surface area contributed by atoms with E-state index in [4.69, 9.17) is 0 Å². The molecule has 1 atom stereocenters. The van der Waals surface area contributed by atoms with Gasteiger partial charge in [-0.25, -0.2) is 4.79 Å². The average Bonchev–Trinajstić information content (AvgIpc) is 2.70. The summed E-state index contributed by atoms with van der Waals surface area (Å²) in [6, 6.07) is 6.30. The van der Waals surface area contributed by atoms with Crippen LogP contribution in [-0.2, 0) is 9.59 Å². The minimum Gasteiger partial charge on any atom is -0.326 e. The zero-order valence-electron chi connectivity index (χ0n) is 12.2. The van der Waals surface area contributed by atoms with Crippen molar-refractivity contribution >= 4 is 23.5 Å². The normalized spacial score (nSPS) is 17.8. The van der Waals surface area contributed by atoms with Crippen molar-refractivity contribution in [1.82, 2.24) is 10.2 Å². The lowest BCUT2D eigenvalue weighted by atomic mass is 10.2. The van der Waals surface area contributed by atoms with Crippen LogP contribution in [-0.4, -0.2) is 35.3 Å². The van der Waals surface area contributed by atoms with Gasteiger partial charge in [0.15, 0.2) is 0 Å². The minimum atomic E-state index is -0.505. The number of hydrogen-bond acceptors (Lipinski definition) is 3. The van der Waals surface area contributed by atoms with Gasteiger partial charge in [0.1, 0.15) is 12.6 Å². The molecule has 21 heavy (non-hydrogen) atoms. The van der Waals surface area contributed by atoms with Crippen molar-refractivity contribution in [2.45, 2.75) is 32.7 Å². The smallest absolute Gasteiger partial charge is 0.325 e. The zero-order valence-corrected chi connectivity index (χ0v) is 12.2. The van der Waals surface area contributed by atoms with E-state index in [9.17, 15) is 14.4 Å². The zero-order chi connectivity index (χ0) is 15.4. The topological polar surface area (TPSA) is 78.5 Å². The summed E-state index contributed by atoms with van der Waals surface area (Å²) in [5.41, 5.74) is 1.73. The second kappa shape index (κ2) is 6.39. The van der Waals surface area contributed by atoms with Gasteiger partial charge in [0.05, 0.1) is 0 Å². The Bertz CT molecular complexity index is 554. The second-order valence-corrected chi connectivity index (χ2v) is 5.13. The molecule has 1 aromatic rings. The molecule has 2 N–H and O–H groups in total. The van der Waals surface area contributed by atoms with E-state index in [1.165, 1.54) is 0 Å². The first-order chi connectivity index (χ1) is 10.0. The predicted octanol–water partition coefficient (Wildman–Crippen LogP) is 1.65. The van der Waals surface area contributed by atoms with Gasteiger partial charge in [-0.1, -0.05) is 31.0 Å². The molecule has 0 aromatic heterocycles. The molecule has 1 heterocycles. The lowest BCUT2D eigenvalue weighted by Crippen LogP contribution is -2.38. The highest BCUT2D eigenvalue weighted by Gasteiger charge is 2.38. The molecule has 1 saturated heterocycles. The van der Waals surface area contributed by atoms with Crippen molar-refractivity contribution < 1.29 is 14.4 Å². The van der Waals surface area contributed by atoms with Crippen molar-refractivity contribution in [3.05, 3.63) is 29.8 Å². The van der Waals surface area contributed by atoms with Gasteiger partial charge in [-0.2, -0.15) is 0 Å². The Hall–Kier alpha value is -2.37. The number of rotatable bonds is 5. The van der Waals surface area contributed by atoms with Gasteiger partial charge < -0.3 is 10.6 Å². The van der Waals surface area contributed by atoms with Crippen LogP contribution in [0.1, 0.15) is 25.3 Å². The van der Waals surface area contributed by atoms with Crippen LogP contribution in [0.2, 0.25) is 0 Å². The fourth-order valence-corrected chi connectivity index (χ4v) is 2.19. The van der Waals surface area contributed by atoms with Crippen LogP contribution in [0.5, 0.6) is 0 Å². The predicted molar refractivity (Wildman–Crippen MR) is 78.7 cm³/mol. The number of benzene rings is 1. The first-order valence-electron chi connectivity index (χ1n) is 6.99. The highest BCUT2D eigenvalue weighted by molar-refractivity contribution is 6.07. The molecule has 1 aliphatic heterocycles. The maximum Gasteiger partial charge on any atom is 0.325 e. The summed E-state index contributed by atoms with van der Waals surface area (Å²) in [7, 11) is 0. The molecule has 6 heteroatoms. The molecule has 112 valence electrons. The summed E-state index contributed by atoms with van der Waals surface area (Å²) in [5.74, 6) is -0.722.